The van der Waals surface area contributed by atoms with Crippen molar-refractivity contribution in [2.45, 2.75) is 13.5 Å². The monoisotopic (exact) mass is 453 g/mol. The van der Waals surface area contributed by atoms with Gasteiger partial charge < -0.3 is 19.7 Å². The molecule has 0 aliphatic carbocycles. The predicted octanol–water partition coefficient (Wildman–Crippen LogP) is 3.68. The second kappa shape index (κ2) is 8.42. The van der Waals surface area contributed by atoms with Crippen LogP contribution in [0.3, 0.4) is 0 Å². The van der Waals surface area contributed by atoms with E-state index >= 15 is 0 Å². The Morgan fingerprint density at radius 2 is 1.68 bits per heavy atom. The topological polar surface area (TPSA) is 79.9 Å². The van der Waals surface area contributed by atoms with Gasteiger partial charge in [0.15, 0.2) is 11.5 Å². The zero-order valence-electron chi connectivity index (χ0n) is 19.4. The highest BCUT2D eigenvalue weighted by Crippen LogP contribution is 2.23. The van der Waals surface area contributed by atoms with Gasteiger partial charge in [-0.2, -0.15) is 14.8 Å². The number of anilines is 3. The number of hydrogen-bond acceptors (Lipinski definition) is 7. The van der Waals surface area contributed by atoms with E-state index in [2.05, 4.69) is 86.3 Å². The molecule has 1 N–H and O–H groups in total. The van der Waals surface area contributed by atoms with Gasteiger partial charge in [0.1, 0.15) is 5.65 Å². The number of rotatable bonds is 5. The number of nitrogens with one attached hydrogen (secondary N) is 1. The highest BCUT2D eigenvalue weighted by molar-refractivity contribution is 5.79. The number of nitrogens with zero attached hydrogens (tertiary/aromatic N) is 8. The van der Waals surface area contributed by atoms with Crippen LogP contribution in [0.25, 0.3) is 27.9 Å². The highest BCUT2D eigenvalue weighted by Gasteiger charge is 2.15. The Morgan fingerprint density at radius 3 is 2.47 bits per heavy atom. The summed E-state index contributed by atoms with van der Waals surface area (Å²) in [5.74, 6) is 1.26. The maximum Gasteiger partial charge on any atom is 0.229 e. The molecule has 4 aromatic heterocycles. The summed E-state index contributed by atoms with van der Waals surface area (Å²) in [6, 6.07) is 14.6. The summed E-state index contributed by atoms with van der Waals surface area (Å²) in [6.45, 7) is 7.26. The lowest BCUT2D eigenvalue weighted by molar-refractivity contribution is 0.313. The van der Waals surface area contributed by atoms with Crippen LogP contribution in [0.15, 0.2) is 61.1 Å². The van der Waals surface area contributed by atoms with Crippen molar-refractivity contribution in [3.63, 3.8) is 0 Å². The van der Waals surface area contributed by atoms with Gasteiger partial charge in [-0.05, 0) is 56.4 Å². The van der Waals surface area contributed by atoms with Crippen LogP contribution in [0.1, 0.15) is 6.92 Å². The average Bonchev–Trinajstić information content (AvgIpc) is 3.48. The van der Waals surface area contributed by atoms with Gasteiger partial charge in [-0.25, -0.2) is 9.97 Å². The first-order chi connectivity index (χ1) is 16.7. The number of likely N-dealkylation sites (N-methyl/N-ethyl adjacent to an activating group) is 1. The minimum atomic E-state index is 0.527. The lowest BCUT2D eigenvalue weighted by Crippen LogP contribution is -2.44. The van der Waals surface area contributed by atoms with Gasteiger partial charge in [0, 0.05) is 61.9 Å². The second-order valence-electron chi connectivity index (χ2n) is 8.68. The van der Waals surface area contributed by atoms with Crippen molar-refractivity contribution in [2.24, 2.45) is 0 Å². The van der Waals surface area contributed by atoms with E-state index in [4.69, 9.17) is 9.97 Å². The maximum atomic E-state index is 4.85. The quantitative estimate of drug-likeness (QED) is 0.435. The number of piperazine rings is 1. The number of hydrogen-bond donors (Lipinski definition) is 1. The molecule has 5 heterocycles. The third-order valence-corrected chi connectivity index (χ3v) is 6.46. The molecule has 9 nitrogen and oxygen atoms in total. The molecule has 1 aliphatic rings. The predicted molar refractivity (Wildman–Crippen MR) is 135 cm³/mol. The molecule has 0 amide bonds. The summed E-state index contributed by atoms with van der Waals surface area (Å²) >= 11 is 0. The number of benzene rings is 1. The minimum Gasteiger partial charge on any atom is -0.369 e. The average molecular weight is 454 g/mol. The van der Waals surface area contributed by atoms with E-state index in [1.807, 2.05) is 6.07 Å². The normalized spacial score (nSPS) is 14.8. The van der Waals surface area contributed by atoms with E-state index in [1.165, 1.54) is 5.69 Å². The molecule has 1 aliphatic heterocycles. The molecule has 0 spiro atoms. The lowest BCUT2D eigenvalue weighted by atomic mass is 10.2. The summed E-state index contributed by atoms with van der Waals surface area (Å²) in [4.78, 5) is 18.9. The summed E-state index contributed by atoms with van der Waals surface area (Å²) < 4.78 is 3.89. The molecular weight excluding hydrogens is 426 g/mol. The van der Waals surface area contributed by atoms with Gasteiger partial charge in [0.2, 0.25) is 5.95 Å². The molecule has 0 bridgehead atoms. The van der Waals surface area contributed by atoms with Crippen LogP contribution in [0.4, 0.5) is 17.3 Å². The first-order valence-corrected chi connectivity index (χ1v) is 11.7. The Bertz CT molecular complexity index is 1440. The largest absolute Gasteiger partial charge is 0.369 e. The molecule has 0 unspecified atom stereocenters. The fourth-order valence-corrected chi connectivity index (χ4v) is 4.42. The van der Waals surface area contributed by atoms with Gasteiger partial charge >= 0.3 is 0 Å². The Kier molecular flexibility index (Phi) is 5.10. The molecule has 1 saturated heterocycles. The first-order valence-electron chi connectivity index (χ1n) is 11.7. The van der Waals surface area contributed by atoms with Gasteiger partial charge in [0.25, 0.3) is 0 Å². The second-order valence-corrected chi connectivity index (χ2v) is 8.68. The van der Waals surface area contributed by atoms with Crippen molar-refractivity contribution in [2.75, 3.05) is 43.4 Å². The van der Waals surface area contributed by atoms with Crippen LogP contribution in [0.5, 0.6) is 0 Å². The first kappa shape index (κ1) is 20.6. The fourth-order valence-electron chi connectivity index (χ4n) is 4.42. The van der Waals surface area contributed by atoms with E-state index in [-0.39, 0.29) is 0 Å². The van der Waals surface area contributed by atoms with Crippen LogP contribution >= 0.6 is 0 Å². The van der Waals surface area contributed by atoms with Crippen molar-refractivity contribution < 1.29 is 0 Å². The van der Waals surface area contributed by atoms with Gasteiger partial charge in [-0.15, -0.1) is 0 Å². The summed E-state index contributed by atoms with van der Waals surface area (Å²) in [5, 5.41) is 9.84. The molecule has 6 rings (SSSR count). The van der Waals surface area contributed by atoms with Gasteiger partial charge in [-0.3, -0.25) is 0 Å². The van der Waals surface area contributed by atoms with Crippen molar-refractivity contribution in [1.29, 1.82) is 0 Å². The molecule has 0 radical (unpaired) electrons. The van der Waals surface area contributed by atoms with E-state index < -0.39 is 0 Å². The molecule has 9 heteroatoms. The molecule has 0 saturated carbocycles. The number of pyridine rings is 1. The molecular formula is C25H27N9. The van der Waals surface area contributed by atoms with Crippen LogP contribution in [-0.4, -0.2) is 67.4 Å². The zero-order valence-corrected chi connectivity index (χ0v) is 19.4. The minimum absolute atomic E-state index is 0.527. The van der Waals surface area contributed by atoms with E-state index in [1.54, 1.807) is 17.1 Å². The third kappa shape index (κ3) is 3.73. The van der Waals surface area contributed by atoms with Crippen LogP contribution in [0.2, 0.25) is 0 Å². The van der Waals surface area contributed by atoms with E-state index in [9.17, 15) is 0 Å². The van der Waals surface area contributed by atoms with Crippen LogP contribution < -0.4 is 10.2 Å². The van der Waals surface area contributed by atoms with Crippen molar-refractivity contribution in [3.05, 3.63) is 61.1 Å². The number of aromatic nitrogens is 6. The summed E-state index contributed by atoms with van der Waals surface area (Å²) in [7, 11) is 2.17. The van der Waals surface area contributed by atoms with Crippen molar-refractivity contribution >= 4 is 39.4 Å². The molecule has 172 valence electrons. The Labute approximate surface area is 197 Å². The Hall–Kier alpha value is -3.98. The summed E-state index contributed by atoms with van der Waals surface area (Å²) in [5.41, 5.74) is 3.85. The third-order valence-electron chi connectivity index (χ3n) is 6.46. The van der Waals surface area contributed by atoms with Gasteiger partial charge in [0.05, 0.1) is 11.6 Å². The molecule has 5 aromatic rings. The zero-order chi connectivity index (χ0) is 23.1. The SMILES string of the molecule is CCn1ccc2ccc(-n3ncc4cnc(Nc5ccc(N6CCN(C)CC6)cc5)nc43)nc21. The Morgan fingerprint density at radius 1 is 0.853 bits per heavy atom. The fraction of sp³-hybridized carbons (Fsp3) is 0.280. The Balaban J connectivity index is 1.26. The van der Waals surface area contributed by atoms with Crippen molar-refractivity contribution in [3.8, 4) is 5.82 Å². The molecule has 34 heavy (non-hydrogen) atoms. The molecule has 1 aromatic carbocycles. The molecule has 1 fully saturated rings. The molecule has 0 atom stereocenters. The summed E-state index contributed by atoms with van der Waals surface area (Å²) in [6.07, 6.45) is 5.62. The number of aryl methyl sites for hydroxylation is 1. The van der Waals surface area contributed by atoms with E-state index in [0.29, 0.717) is 11.6 Å². The highest BCUT2D eigenvalue weighted by atomic mass is 15.3. The number of fused-ring (bicyclic) bond motifs is 2. The van der Waals surface area contributed by atoms with E-state index in [0.717, 1.165) is 60.6 Å². The van der Waals surface area contributed by atoms with Crippen molar-refractivity contribution in [1.82, 2.24) is 34.2 Å². The maximum absolute atomic E-state index is 4.85. The van der Waals surface area contributed by atoms with Gasteiger partial charge in [-0.1, -0.05) is 0 Å². The van der Waals surface area contributed by atoms with Crippen LogP contribution in [0, 0.1) is 0 Å². The van der Waals surface area contributed by atoms with Crippen LogP contribution in [-0.2, 0) is 6.54 Å². The lowest BCUT2D eigenvalue weighted by Gasteiger charge is -2.34. The standard InChI is InChI=1S/C25H27N9/c1-3-32-11-10-18-4-9-22(29-23(18)32)34-24-19(17-27-34)16-26-25(30-24)28-20-5-7-21(8-6-20)33-14-12-31(2)13-15-33/h4-11,16-17H,3,12-15H2,1-2H3,(H,26,28,30). The smallest absolute Gasteiger partial charge is 0.229 e.